The molecule has 0 bridgehead atoms. The van der Waals surface area contributed by atoms with Gasteiger partial charge in [0.15, 0.2) is 0 Å². The number of nitrogens with zero attached hydrogens (tertiary/aromatic N) is 3. The van der Waals surface area contributed by atoms with E-state index in [0.29, 0.717) is 37.6 Å². The maximum absolute atomic E-state index is 11.5. The van der Waals surface area contributed by atoms with Gasteiger partial charge in [-0.15, -0.1) is 10.2 Å². The highest BCUT2D eigenvalue weighted by molar-refractivity contribution is 6.01. The number of aryl methyl sites for hydroxylation is 2. The van der Waals surface area contributed by atoms with Gasteiger partial charge in [-0.2, -0.15) is 0 Å². The molecule has 1 aromatic heterocycles. The third-order valence-corrected chi connectivity index (χ3v) is 4.19. The summed E-state index contributed by atoms with van der Waals surface area (Å²) in [5.74, 6) is 1.08. The Hall–Kier alpha value is -2.50. The van der Waals surface area contributed by atoms with E-state index in [1.54, 1.807) is 0 Å². The molecule has 126 valence electrons. The molecule has 2 heterocycles. The fourth-order valence-corrected chi connectivity index (χ4v) is 2.76. The summed E-state index contributed by atoms with van der Waals surface area (Å²) < 4.78 is 5.68. The second-order valence-electron chi connectivity index (χ2n) is 6.12. The quantitative estimate of drug-likeness (QED) is 0.577. The van der Waals surface area contributed by atoms with E-state index in [2.05, 4.69) is 10.2 Å². The Balaban J connectivity index is 1.42. The Kier molecular flexibility index (Phi) is 5.03. The van der Waals surface area contributed by atoms with Gasteiger partial charge in [-0.25, -0.2) is 0 Å². The molecule has 0 spiro atoms. The fourth-order valence-electron chi connectivity index (χ4n) is 2.76. The van der Waals surface area contributed by atoms with Crippen LogP contribution in [-0.4, -0.2) is 33.5 Å². The number of hydrogen-bond donors (Lipinski definition) is 0. The normalized spacial score (nSPS) is 14.6. The largest absolute Gasteiger partial charge is 0.421 e. The number of aromatic nitrogens is 2. The lowest BCUT2D eigenvalue weighted by Crippen LogP contribution is -2.29. The summed E-state index contributed by atoms with van der Waals surface area (Å²) in [7, 11) is 0. The number of unbranched alkanes of at least 4 members (excludes halogenated alkanes) is 2. The molecule has 0 atom stereocenters. The van der Waals surface area contributed by atoms with Crippen LogP contribution in [0.15, 0.2) is 28.7 Å². The van der Waals surface area contributed by atoms with Crippen molar-refractivity contribution in [2.45, 2.75) is 45.4 Å². The molecule has 1 aliphatic rings. The van der Waals surface area contributed by atoms with Gasteiger partial charge in [0.25, 0.3) is 0 Å². The van der Waals surface area contributed by atoms with Crippen molar-refractivity contribution in [1.29, 1.82) is 0 Å². The minimum absolute atomic E-state index is 0.0420. The topological polar surface area (TPSA) is 76.3 Å². The standard InChI is InChI=1S/C18H21N3O3/c1-13-6-8-14(9-7-13)18-20-19-15(24-18)5-3-2-4-12-21-16(22)10-11-17(21)23/h6-9H,2-5,10-12H2,1H3. The molecular weight excluding hydrogens is 306 g/mol. The van der Waals surface area contributed by atoms with Crippen LogP contribution in [0.25, 0.3) is 11.5 Å². The molecule has 3 rings (SSSR count). The van der Waals surface area contributed by atoms with Crippen molar-refractivity contribution in [1.82, 2.24) is 15.1 Å². The fraction of sp³-hybridized carbons (Fsp3) is 0.444. The molecule has 1 fully saturated rings. The molecule has 2 amide bonds. The summed E-state index contributed by atoms with van der Waals surface area (Å²) in [5.41, 5.74) is 2.11. The van der Waals surface area contributed by atoms with E-state index in [9.17, 15) is 9.59 Å². The van der Waals surface area contributed by atoms with Gasteiger partial charge < -0.3 is 4.42 Å². The van der Waals surface area contributed by atoms with Crippen molar-refractivity contribution in [3.8, 4) is 11.5 Å². The SMILES string of the molecule is Cc1ccc(-c2nnc(CCCCCN3C(=O)CCC3=O)o2)cc1. The average molecular weight is 327 g/mol. The first-order chi connectivity index (χ1) is 11.6. The van der Waals surface area contributed by atoms with Crippen molar-refractivity contribution < 1.29 is 14.0 Å². The van der Waals surface area contributed by atoms with Gasteiger partial charge in [-0.05, 0) is 31.9 Å². The highest BCUT2D eigenvalue weighted by Gasteiger charge is 2.27. The molecule has 0 unspecified atom stereocenters. The Morgan fingerprint density at radius 3 is 2.42 bits per heavy atom. The number of benzene rings is 1. The van der Waals surface area contributed by atoms with Gasteiger partial charge in [-0.3, -0.25) is 14.5 Å². The summed E-state index contributed by atoms with van der Waals surface area (Å²) in [6.07, 6.45) is 4.06. The maximum Gasteiger partial charge on any atom is 0.247 e. The Bertz CT molecular complexity index is 705. The minimum Gasteiger partial charge on any atom is -0.421 e. The zero-order chi connectivity index (χ0) is 16.9. The molecule has 1 aromatic carbocycles. The first-order valence-corrected chi connectivity index (χ1v) is 8.36. The van der Waals surface area contributed by atoms with Gasteiger partial charge in [0.1, 0.15) is 0 Å². The van der Waals surface area contributed by atoms with Crippen LogP contribution in [-0.2, 0) is 16.0 Å². The molecule has 6 heteroatoms. The van der Waals surface area contributed by atoms with E-state index in [4.69, 9.17) is 4.42 Å². The molecule has 6 nitrogen and oxygen atoms in total. The minimum atomic E-state index is -0.0420. The van der Waals surface area contributed by atoms with Crippen LogP contribution >= 0.6 is 0 Å². The lowest BCUT2D eigenvalue weighted by Gasteiger charge is -2.12. The molecule has 24 heavy (non-hydrogen) atoms. The Labute approximate surface area is 140 Å². The molecule has 1 aliphatic heterocycles. The number of amides is 2. The monoisotopic (exact) mass is 327 g/mol. The van der Waals surface area contributed by atoms with Gasteiger partial charge in [0, 0.05) is 31.4 Å². The summed E-state index contributed by atoms with van der Waals surface area (Å²) in [4.78, 5) is 24.4. The highest BCUT2D eigenvalue weighted by Crippen LogP contribution is 2.19. The second kappa shape index (κ2) is 7.38. The molecular formula is C18H21N3O3. The summed E-state index contributed by atoms with van der Waals surface area (Å²) in [6.45, 7) is 2.56. The van der Waals surface area contributed by atoms with Crippen molar-refractivity contribution >= 4 is 11.8 Å². The van der Waals surface area contributed by atoms with Gasteiger partial charge in [0.05, 0.1) is 0 Å². The van der Waals surface area contributed by atoms with Crippen molar-refractivity contribution in [3.63, 3.8) is 0 Å². The van der Waals surface area contributed by atoms with E-state index < -0.39 is 0 Å². The molecule has 1 saturated heterocycles. The number of hydrogen-bond acceptors (Lipinski definition) is 5. The molecule has 0 aliphatic carbocycles. The third-order valence-electron chi connectivity index (χ3n) is 4.19. The predicted molar refractivity (Wildman–Crippen MR) is 88.0 cm³/mol. The number of rotatable bonds is 7. The van der Waals surface area contributed by atoms with Gasteiger partial charge in [0.2, 0.25) is 23.6 Å². The summed E-state index contributed by atoms with van der Waals surface area (Å²) >= 11 is 0. The van der Waals surface area contributed by atoms with E-state index >= 15 is 0 Å². The van der Waals surface area contributed by atoms with E-state index in [1.165, 1.54) is 10.5 Å². The highest BCUT2D eigenvalue weighted by atomic mass is 16.4. The average Bonchev–Trinajstić information content (AvgIpc) is 3.16. The van der Waals surface area contributed by atoms with Crippen molar-refractivity contribution in [2.24, 2.45) is 0 Å². The maximum atomic E-state index is 11.5. The van der Waals surface area contributed by atoms with Crippen LogP contribution in [0.4, 0.5) is 0 Å². The zero-order valence-electron chi connectivity index (χ0n) is 13.8. The summed E-state index contributed by atoms with van der Waals surface area (Å²) in [6, 6.07) is 7.97. The van der Waals surface area contributed by atoms with Gasteiger partial charge in [-0.1, -0.05) is 24.1 Å². The first-order valence-electron chi connectivity index (χ1n) is 8.36. The Morgan fingerprint density at radius 2 is 1.71 bits per heavy atom. The molecule has 0 N–H and O–H groups in total. The predicted octanol–water partition coefficient (Wildman–Crippen LogP) is 2.91. The number of carbonyl (C=O) groups excluding carboxylic acids is 2. The van der Waals surface area contributed by atoms with Crippen LogP contribution in [0.1, 0.15) is 43.6 Å². The number of likely N-dealkylation sites (tertiary alicyclic amines) is 1. The van der Waals surface area contributed by atoms with E-state index in [-0.39, 0.29) is 11.8 Å². The smallest absolute Gasteiger partial charge is 0.247 e. The lowest BCUT2D eigenvalue weighted by atomic mass is 10.1. The Morgan fingerprint density at radius 1 is 1.00 bits per heavy atom. The third kappa shape index (κ3) is 3.88. The molecule has 2 aromatic rings. The number of carbonyl (C=O) groups is 2. The van der Waals surface area contributed by atoms with Crippen molar-refractivity contribution in [2.75, 3.05) is 6.54 Å². The second-order valence-corrected chi connectivity index (χ2v) is 6.12. The molecule has 0 saturated carbocycles. The summed E-state index contributed by atoms with van der Waals surface area (Å²) in [5, 5.41) is 8.16. The van der Waals surface area contributed by atoms with Crippen LogP contribution in [0.2, 0.25) is 0 Å². The van der Waals surface area contributed by atoms with Crippen LogP contribution in [0.5, 0.6) is 0 Å². The zero-order valence-corrected chi connectivity index (χ0v) is 13.8. The van der Waals surface area contributed by atoms with Crippen LogP contribution in [0, 0.1) is 6.92 Å². The number of imide groups is 1. The van der Waals surface area contributed by atoms with Crippen LogP contribution < -0.4 is 0 Å². The molecule has 0 radical (unpaired) electrons. The lowest BCUT2D eigenvalue weighted by molar-refractivity contribution is -0.138. The van der Waals surface area contributed by atoms with E-state index in [1.807, 2.05) is 31.2 Å². The van der Waals surface area contributed by atoms with E-state index in [0.717, 1.165) is 24.8 Å². The van der Waals surface area contributed by atoms with Gasteiger partial charge >= 0.3 is 0 Å². The van der Waals surface area contributed by atoms with Crippen molar-refractivity contribution in [3.05, 3.63) is 35.7 Å². The first kappa shape index (κ1) is 16.4. The van der Waals surface area contributed by atoms with Crippen LogP contribution in [0.3, 0.4) is 0 Å².